The third kappa shape index (κ3) is 4.52. The monoisotopic (exact) mass is 669 g/mol. The number of nitrogens with one attached hydrogen (secondary N) is 2. The van der Waals surface area contributed by atoms with Crippen LogP contribution in [0.25, 0.3) is 22.0 Å². The highest BCUT2D eigenvalue weighted by atomic mass is 19.4. The standard InChI is InChI=1S/C33H32F5N7O3/c1-14-21-22-27(41-24(14)28(46)44-31-9-32(10-31,11-39)47-13-31)45-12-30(3)5-4-20(43-30)26(45)15(2)48-29(22)42-25(23(21)35)17-6-16(40)7-19(34)18(17)8-33(36,37)38/h6-7,15,20,26,43H,4-5,8-10,12-13,40H2,1-3H3,(H,44,46). The third-order valence-corrected chi connectivity index (χ3v) is 10.7. The summed E-state index contributed by atoms with van der Waals surface area (Å²) < 4.78 is 85.4. The number of carbonyl (C=O) groups excluding carboxylic acids is 1. The van der Waals surface area contributed by atoms with E-state index in [1.807, 2.05) is 11.8 Å². The highest BCUT2D eigenvalue weighted by Gasteiger charge is 2.64. The van der Waals surface area contributed by atoms with Gasteiger partial charge < -0.3 is 30.7 Å². The summed E-state index contributed by atoms with van der Waals surface area (Å²) in [5.41, 5.74) is 1.70. The number of carbonyl (C=O) groups is 1. The van der Waals surface area contributed by atoms with Crippen LogP contribution in [-0.2, 0) is 11.2 Å². The molecule has 3 aromatic rings. The zero-order valence-electron chi connectivity index (χ0n) is 26.3. The van der Waals surface area contributed by atoms with Crippen LogP contribution in [0.4, 0.5) is 33.5 Å². The lowest BCUT2D eigenvalue weighted by molar-refractivity contribution is -0.127. The summed E-state index contributed by atoms with van der Waals surface area (Å²) >= 11 is 0. The second-order valence-electron chi connectivity index (χ2n) is 14.3. The van der Waals surface area contributed by atoms with E-state index in [0.717, 1.165) is 25.0 Å². The molecule has 6 aliphatic rings. The van der Waals surface area contributed by atoms with Gasteiger partial charge in [0, 0.05) is 53.2 Å². The molecule has 4 unspecified atom stereocenters. The van der Waals surface area contributed by atoms with Crippen LogP contribution in [0.3, 0.4) is 0 Å². The number of pyridine rings is 2. The van der Waals surface area contributed by atoms with Crippen molar-refractivity contribution in [2.24, 2.45) is 0 Å². The molecule has 15 heteroatoms. The van der Waals surface area contributed by atoms with Crippen LogP contribution in [0, 0.1) is 29.9 Å². The molecule has 0 spiro atoms. The quantitative estimate of drug-likeness (QED) is 0.269. The number of anilines is 2. The number of hydrogen-bond acceptors (Lipinski definition) is 9. The number of benzene rings is 1. The Morgan fingerprint density at radius 1 is 1.25 bits per heavy atom. The number of nitrogens with two attached hydrogens (primary N) is 1. The largest absolute Gasteiger partial charge is 0.472 e. The van der Waals surface area contributed by atoms with Gasteiger partial charge in [0.05, 0.1) is 36.1 Å². The van der Waals surface area contributed by atoms with Crippen molar-refractivity contribution in [3.8, 4) is 23.2 Å². The first-order chi connectivity index (χ1) is 22.5. The van der Waals surface area contributed by atoms with Gasteiger partial charge >= 0.3 is 6.18 Å². The van der Waals surface area contributed by atoms with Gasteiger partial charge in [-0.3, -0.25) is 4.79 Å². The average Bonchev–Trinajstić information content (AvgIpc) is 3.61. The fourth-order valence-electron chi connectivity index (χ4n) is 8.65. The van der Waals surface area contributed by atoms with Gasteiger partial charge in [0.25, 0.3) is 5.91 Å². The topological polar surface area (TPSA) is 138 Å². The molecule has 1 amide bonds. The molecule has 4 saturated heterocycles. The van der Waals surface area contributed by atoms with Crippen molar-refractivity contribution in [3.63, 3.8) is 0 Å². The minimum absolute atomic E-state index is 0.0437. The van der Waals surface area contributed by atoms with Gasteiger partial charge in [-0.2, -0.15) is 18.4 Å². The van der Waals surface area contributed by atoms with E-state index in [4.69, 9.17) is 20.2 Å². The second-order valence-corrected chi connectivity index (χ2v) is 14.3. The van der Waals surface area contributed by atoms with E-state index in [0.29, 0.717) is 19.4 Å². The number of alkyl halides is 3. The number of amides is 1. The summed E-state index contributed by atoms with van der Waals surface area (Å²) in [7, 11) is 0. The lowest BCUT2D eigenvalue weighted by Crippen LogP contribution is -2.66. The van der Waals surface area contributed by atoms with Gasteiger partial charge in [0.1, 0.15) is 29.1 Å². The minimum Gasteiger partial charge on any atom is -0.472 e. The molecule has 7 heterocycles. The van der Waals surface area contributed by atoms with Gasteiger partial charge in [-0.1, -0.05) is 0 Å². The van der Waals surface area contributed by atoms with E-state index in [9.17, 15) is 23.2 Å². The van der Waals surface area contributed by atoms with Crippen molar-refractivity contribution in [1.29, 1.82) is 5.26 Å². The number of nitrogen functional groups attached to an aromatic ring is 1. The molecule has 0 radical (unpaired) electrons. The van der Waals surface area contributed by atoms with Crippen molar-refractivity contribution < 1.29 is 36.2 Å². The average molecular weight is 670 g/mol. The molecule has 48 heavy (non-hydrogen) atoms. The van der Waals surface area contributed by atoms with Crippen LogP contribution in [0.5, 0.6) is 5.88 Å². The van der Waals surface area contributed by atoms with Crippen molar-refractivity contribution >= 4 is 28.2 Å². The molecule has 1 saturated carbocycles. The molecule has 1 aliphatic carbocycles. The molecule has 4 N–H and O–H groups in total. The lowest BCUT2D eigenvalue weighted by atomic mass is 9.69. The maximum atomic E-state index is 17.1. The first-order valence-corrected chi connectivity index (χ1v) is 15.8. The molecule has 4 bridgehead atoms. The Hall–Kier alpha value is -4.29. The molecular weight excluding hydrogens is 637 g/mol. The maximum absolute atomic E-state index is 17.1. The summed E-state index contributed by atoms with van der Waals surface area (Å²) in [6.45, 7) is 5.99. The highest BCUT2D eigenvalue weighted by Crippen LogP contribution is 2.52. The van der Waals surface area contributed by atoms with Crippen LogP contribution in [0.15, 0.2) is 12.1 Å². The van der Waals surface area contributed by atoms with E-state index < -0.39 is 64.2 Å². The number of fused-ring (bicyclic) bond motifs is 6. The Bertz CT molecular complexity index is 1970. The number of aromatic nitrogens is 2. The van der Waals surface area contributed by atoms with Crippen LogP contribution < -0.4 is 26.0 Å². The highest BCUT2D eigenvalue weighted by molar-refractivity contribution is 6.07. The van der Waals surface area contributed by atoms with Gasteiger partial charge in [-0.05, 0) is 51.3 Å². The summed E-state index contributed by atoms with van der Waals surface area (Å²) in [4.78, 5) is 25.4. The minimum atomic E-state index is -4.83. The normalized spacial score (nSPS) is 31.5. The van der Waals surface area contributed by atoms with E-state index in [1.54, 1.807) is 0 Å². The molecule has 10 nitrogen and oxygen atoms in total. The first-order valence-electron chi connectivity index (χ1n) is 15.8. The Morgan fingerprint density at radius 3 is 2.69 bits per heavy atom. The second kappa shape index (κ2) is 9.88. The lowest BCUT2D eigenvalue weighted by Gasteiger charge is -2.46. The van der Waals surface area contributed by atoms with E-state index in [1.165, 1.54) is 6.92 Å². The van der Waals surface area contributed by atoms with Gasteiger partial charge in [0.2, 0.25) is 5.88 Å². The van der Waals surface area contributed by atoms with Crippen LogP contribution in [-0.4, -0.2) is 70.1 Å². The number of ether oxygens (including phenoxy) is 2. The summed E-state index contributed by atoms with van der Waals surface area (Å²) in [5, 5.41) is 16.2. The predicted octanol–water partition coefficient (Wildman–Crippen LogP) is 4.61. The van der Waals surface area contributed by atoms with Crippen molar-refractivity contribution in [3.05, 3.63) is 40.6 Å². The molecular formula is C33H32F5N7O3. The molecule has 1 aromatic carbocycles. The molecule has 5 aliphatic heterocycles. The van der Waals surface area contributed by atoms with Gasteiger partial charge in [0.15, 0.2) is 11.4 Å². The number of rotatable bonds is 4. The number of piperazine rings is 1. The van der Waals surface area contributed by atoms with Gasteiger partial charge in [-0.15, -0.1) is 0 Å². The molecule has 9 rings (SSSR count). The number of aryl methyl sites for hydroxylation is 1. The first kappa shape index (κ1) is 31.0. The molecule has 4 atom stereocenters. The van der Waals surface area contributed by atoms with E-state index in [2.05, 4.69) is 28.6 Å². The maximum Gasteiger partial charge on any atom is 0.393 e. The number of halogens is 5. The molecule has 2 aromatic heterocycles. The fourth-order valence-corrected chi connectivity index (χ4v) is 8.65. The summed E-state index contributed by atoms with van der Waals surface area (Å²) in [6, 6.07) is 3.60. The van der Waals surface area contributed by atoms with Crippen molar-refractivity contribution in [2.75, 3.05) is 23.8 Å². The number of nitrogens with zero attached hydrogens (tertiary/aromatic N) is 4. The third-order valence-electron chi connectivity index (χ3n) is 10.7. The van der Waals surface area contributed by atoms with Crippen LogP contribution in [0.2, 0.25) is 0 Å². The van der Waals surface area contributed by atoms with Crippen molar-refractivity contribution in [2.45, 2.75) is 93.9 Å². The zero-order chi connectivity index (χ0) is 34.1. The van der Waals surface area contributed by atoms with E-state index >= 15 is 8.78 Å². The van der Waals surface area contributed by atoms with E-state index in [-0.39, 0.29) is 63.6 Å². The smallest absolute Gasteiger partial charge is 0.393 e. The SMILES string of the molecule is Cc1c(C(=O)NC23COC(C#N)(C2)C3)nc2c3c(nc(-c4cc(N)cc(F)c4CC(F)(F)F)c(F)c13)OC(C)C1C3CCC(C)(CN21)N3. The van der Waals surface area contributed by atoms with Gasteiger partial charge in [-0.25, -0.2) is 18.7 Å². The molecule has 5 fully saturated rings. The Balaban J connectivity index is 1.37. The Kier molecular flexibility index (Phi) is 6.38. The van der Waals surface area contributed by atoms with Crippen LogP contribution >= 0.6 is 0 Å². The summed E-state index contributed by atoms with van der Waals surface area (Å²) in [6.07, 6.45) is -4.79. The van der Waals surface area contributed by atoms with Crippen LogP contribution in [0.1, 0.15) is 61.1 Å². The Labute approximate surface area is 271 Å². The number of nitriles is 1. The fraction of sp³-hybridized carbons (Fsp3) is 0.515. The van der Waals surface area contributed by atoms with Crippen molar-refractivity contribution in [1.82, 2.24) is 20.6 Å². The Morgan fingerprint density at radius 2 is 2.00 bits per heavy atom. The zero-order valence-corrected chi connectivity index (χ0v) is 26.3. The predicted molar refractivity (Wildman–Crippen MR) is 163 cm³/mol. The number of hydrogen-bond donors (Lipinski definition) is 3. The summed E-state index contributed by atoms with van der Waals surface area (Å²) in [5.74, 6) is -2.77. The molecule has 252 valence electrons.